The Morgan fingerprint density at radius 1 is 1.50 bits per heavy atom. The molecule has 0 spiro atoms. The second kappa shape index (κ2) is 6.98. The van der Waals surface area contributed by atoms with Gasteiger partial charge in [-0.05, 0) is 12.3 Å². The molecule has 0 radical (unpaired) electrons. The maximum atomic E-state index is 10.9. The van der Waals surface area contributed by atoms with Gasteiger partial charge >= 0.3 is 5.69 Å². The van der Waals surface area contributed by atoms with E-state index in [0.29, 0.717) is 11.7 Å². The summed E-state index contributed by atoms with van der Waals surface area (Å²) >= 11 is 0. The van der Waals surface area contributed by atoms with Crippen molar-refractivity contribution in [3.8, 4) is 0 Å². The number of anilines is 1. The van der Waals surface area contributed by atoms with Gasteiger partial charge in [0.2, 0.25) is 0 Å². The molecule has 90 valence electrons. The number of hydrogen-bond acceptors (Lipinski definition) is 4. The topological polar surface area (TPSA) is 70.7 Å². The Bertz CT molecular complexity index is 350. The molecule has 1 aromatic rings. The maximum Gasteiger partial charge on any atom is 0.363 e. The Hall–Kier alpha value is -1.39. The van der Waals surface area contributed by atoms with Crippen LogP contribution in [0.15, 0.2) is 11.0 Å². The number of unbranched alkanes of at least 4 members (excludes halogenated alkanes) is 1. The number of rotatable bonds is 7. The molecule has 0 saturated carbocycles. The molecule has 5 nitrogen and oxygen atoms in total. The monoisotopic (exact) mass is 224 g/mol. The summed E-state index contributed by atoms with van der Waals surface area (Å²) in [5.41, 5.74) is -0.411. The normalized spacial score (nSPS) is 12.4. The standard InChI is InChI=1S/C11H20N4O/c1-3-5-6-9(4-2)7-12-10-8-13-15-11(16)14-10/h8-9H,3-7H2,1-2H3,(H2,12,14,15,16). The minimum absolute atomic E-state index is 0.411. The predicted molar refractivity (Wildman–Crippen MR) is 64.4 cm³/mol. The first-order chi connectivity index (χ1) is 7.76. The zero-order chi connectivity index (χ0) is 11.8. The van der Waals surface area contributed by atoms with Gasteiger partial charge in [0.25, 0.3) is 0 Å². The number of H-pyrrole nitrogens is 1. The van der Waals surface area contributed by atoms with Gasteiger partial charge < -0.3 is 5.32 Å². The number of nitrogens with one attached hydrogen (secondary N) is 2. The minimum atomic E-state index is -0.411. The van der Waals surface area contributed by atoms with Crippen LogP contribution in [0.1, 0.15) is 39.5 Å². The molecule has 0 aliphatic heterocycles. The van der Waals surface area contributed by atoms with Crippen molar-refractivity contribution in [2.24, 2.45) is 5.92 Å². The number of aromatic amines is 1. The molecular formula is C11H20N4O. The molecule has 0 aliphatic rings. The lowest BCUT2D eigenvalue weighted by molar-refractivity contribution is 0.472. The van der Waals surface area contributed by atoms with Crippen molar-refractivity contribution in [1.82, 2.24) is 15.2 Å². The molecule has 0 amide bonds. The molecule has 1 aromatic heterocycles. The van der Waals surface area contributed by atoms with Crippen LogP contribution in [0.2, 0.25) is 0 Å². The summed E-state index contributed by atoms with van der Waals surface area (Å²) in [5.74, 6) is 1.19. The first kappa shape index (κ1) is 12.7. The van der Waals surface area contributed by atoms with Crippen LogP contribution in [0.3, 0.4) is 0 Å². The van der Waals surface area contributed by atoms with Crippen LogP contribution in [0.25, 0.3) is 0 Å². The lowest BCUT2D eigenvalue weighted by atomic mass is 9.99. The van der Waals surface area contributed by atoms with Crippen LogP contribution in [0, 0.1) is 5.92 Å². The SMILES string of the molecule is CCCCC(CC)CNc1cn[nH]c(=O)n1. The molecule has 0 saturated heterocycles. The lowest BCUT2D eigenvalue weighted by Crippen LogP contribution is -2.19. The van der Waals surface area contributed by atoms with Crippen molar-refractivity contribution < 1.29 is 0 Å². The largest absolute Gasteiger partial charge is 0.368 e. The van der Waals surface area contributed by atoms with Crippen LogP contribution < -0.4 is 11.0 Å². The minimum Gasteiger partial charge on any atom is -0.368 e. The zero-order valence-corrected chi connectivity index (χ0v) is 9.99. The number of hydrogen-bond donors (Lipinski definition) is 2. The van der Waals surface area contributed by atoms with E-state index in [-0.39, 0.29) is 0 Å². The summed E-state index contributed by atoms with van der Waals surface area (Å²) in [7, 11) is 0. The van der Waals surface area contributed by atoms with Gasteiger partial charge in [-0.1, -0.05) is 33.1 Å². The summed E-state index contributed by atoms with van der Waals surface area (Å²) in [4.78, 5) is 14.7. The highest BCUT2D eigenvalue weighted by molar-refractivity contribution is 5.28. The Labute approximate surface area is 95.7 Å². The van der Waals surface area contributed by atoms with Crippen molar-refractivity contribution >= 4 is 5.82 Å². The number of aromatic nitrogens is 3. The second-order valence-corrected chi connectivity index (χ2v) is 3.97. The highest BCUT2D eigenvalue weighted by Gasteiger charge is 2.05. The summed E-state index contributed by atoms with van der Waals surface area (Å²) in [6.45, 7) is 5.24. The van der Waals surface area contributed by atoms with Crippen LogP contribution in [0.5, 0.6) is 0 Å². The van der Waals surface area contributed by atoms with Crippen molar-refractivity contribution in [3.05, 3.63) is 16.7 Å². The van der Waals surface area contributed by atoms with Gasteiger partial charge in [-0.25, -0.2) is 9.89 Å². The van der Waals surface area contributed by atoms with E-state index in [1.165, 1.54) is 25.5 Å². The lowest BCUT2D eigenvalue weighted by Gasteiger charge is -2.14. The van der Waals surface area contributed by atoms with Gasteiger partial charge in [-0.3, -0.25) is 0 Å². The average Bonchev–Trinajstić information content (AvgIpc) is 2.29. The van der Waals surface area contributed by atoms with E-state index >= 15 is 0 Å². The maximum absolute atomic E-state index is 10.9. The van der Waals surface area contributed by atoms with Crippen LogP contribution in [0.4, 0.5) is 5.82 Å². The smallest absolute Gasteiger partial charge is 0.363 e. The molecule has 16 heavy (non-hydrogen) atoms. The third kappa shape index (κ3) is 4.42. The molecule has 1 heterocycles. The highest BCUT2D eigenvalue weighted by Crippen LogP contribution is 2.12. The Kier molecular flexibility index (Phi) is 5.53. The van der Waals surface area contributed by atoms with Gasteiger partial charge in [-0.2, -0.15) is 10.1 Å². The van der Waals surface area contributed by atoms with E-state index in [1.54, 1.807) is 0 Å². The second-order valence-electron chi connectivity index (χ2n) is 3.97. The highest BCUT2D eigenvalue weighted by atomic mass is 16.1. The quantitative estimate of drug-likeness (QED) is 0.740. The van der Waals surface area contributed by atoms with Crippen molar-refractivity contribution in [2.75, 3.05) is 11.9 Å². The molecule has 0 aromatic carbocycles. The zero-order valence-electron chi connectivity index (χ0n) is 9.99. The molecular weight excluding hydrogens is 204 g/mol. The van der Waals surface area contributed by atoms with E-state index in [0.717, 1.165) is 13.0 Å². The molecule has 5 heteroatoms. The predicted octanol–water partition coefficient (Wildman–Crippen LogP) is 1.79. The first-order valence-electron chi connectivity index (χ1n) is 5.91. The Balaban J connectivity index is 2.40. The van der Waals surface area contributed by atoms with E-state index < -0.39 is 5.69 Å². The van der Waals surface area contributed by atoms with E-state index in [9.17, 15) is 4.79 Å². The van der Waals surface area contributed by atoms with Crippen molar-refractivity contribution in [3.63, 3.8) is 0 Å². The fraction of sp³-hybridized carbons (Fsp3) is 0.727. The average molecular weight is 224 g/mol. The van der Waals surface area contributed by atoms with Crippen molar-refractivity contribution in [1.29, 1.82) is 0 Å². The summed E-state index contributed by atoms with van der Waals surface area (Å²) < 4.78 is 0. The van der Waals surface area contributed by atoms with Gasteiger partial charge in [0.1, 0.15) is 0 Å². The third-order valence-corrected chi connectivity index (χ3v) is 2.68. The Morgan fingerprint density at radius 3 is 2.94 bits per heavy atom. The molecule has 0 fully saturated rings. The first-order valence-corrected chi connectivity index (χ1v) is 5.91. The van der Waals surface area contributed by atoms with Crippen molar-refractivity contribution in [2.45, 2.75) is 39.5 Å². The van der Waals surface area contributed by atoms with Gasteiger partial charge in [0.15, 0.2) is 5.82 Å². The van der Waals surface area contributed by atoms with E-state index in [4.69, 9.17) is 0 Å². The molecule has 1 rings (SSSR count). The van der Waals surface area contributed by atoms with Crippen LogP contribution >= 0.6 is 0 Å². The van der Waals surface area contributed by atoms with Gasteiger partial charge in [0, 0.05) is 6.54 Å². The van der Waals surface area contributed by atoms with Gasteiger partial charge in [0.05, 0.1) is 6.20 Å². The molecule has 1 atom stereocenters. The van der Waals surface area contributed by atoms with E-state index in [2.05, 4.69) is 34.3 Å². The molecule has 0 aliphatic carbocycles. The third-order valence-electron chi connectivity index (χ3n) is 2.68. The fourth-order valence-electron chi connectivity index (χ4n) is 1.59. The molecule has 1 unspecified atom stereocenters. The summed E-state index contributed by atoms with van der Waals surface area (Å²) in [6, 6.07) is 0. The van der Waals surface area contributed by atoms with Gasteiger partial charge in [-0.15, -0.1) is 0 Å². The van der Waals surface area contributed by atoms with Crippen LogP contribution in [-0.2, 0) is 0 Å². The summed E-state index contributed by atoms with van der Waals surface area (Å²) in [6.07, 6.45) is 6.37. The fourth-order valence-corrected chi connectivity index (χ4v) is 1.59. The molecule has 0 bridgehead atoms. The van der Waals surface area contributed by atoms with E-state index in [1.807, 2.05) is 0 Å². The number of nitrogens with zero attached hydrogens (tertiary/aromatic N) is 2. The Morgan fingerprint density at radius 2 is 2.31 bits per heavy atom. The molecule has 2 N–H and O–H groups in total. The van der Waals surface area contributed by atoms with Crippen LogP contribution in [-0.4, -0.2) is 21.7 Å². The summed E-state index contributed by atoms with van der Waals surface area (Å²) in [5, 5.41) is 9.09.